The third kappa shape index (κ3) is 1.49. The number of rotatable bonds is 0. The van der Waals surface area contributed by atoms with Crippen LogP contribution in [0.25, 0.3) is 0 Å². The second-order valence-electron chi connectivity index (χ2n) is 4.91. The molecule has 1 N–H and O–H groups in total. The molecule has 86 valence electrons. The van der Waals surface area contributed by atoms with Gasteiger partial charge in [-0.1, -0.05) is 12.2 Å². The highest BCUT2D eigenvalue weighted by Crippen LogP contribution is 2.36. The lowest BCUT2D eigenvalue weighted by atomic mass is 9.81. The number of hydrogen-bond donors (Lipinski definition) is 1. The van der Waals surface area contributed by atoms with Crippen molar-refractivity contribution in [2.75, 3.05) is 26.2 Å². The smallest absolute Gasteiger partial charge is 0.407 e. The minimum Gasteiger partial charge on any atom is -0.465 e. The van der Waals surface area contributed by atoms with Crippen LogP contribution >= 0.6 is 0 Å². The molecule has 0 spiro atoms. The summed E-state index contributed by atoms with van der Waals surface area (Å²) in [6.45, 7) is 3.38. The van der Waals surface area contributed by atoms with Gasteiger partial charge in [0.1, 0.15) is 0 Å². The Labute approximate surface area is 94.8 Å². The van der Waals surface area contributed by atoms with Gasteiger partial charge in [0.15, 0.2) is 0 Å². The van der Waals surface area contributed by atoms with Crippen LogP contribution in [0.5, 0.6) is 0 Å². The molecule has 2 fully saturated rings. The quantitative estimate of drug-likeness (QED) is 0.670. The van der Waals surface area contributed by atoms with Crippen LogP contribution in [0.1, 0.15) is 6.42 Å². The number of piperidine rings is 2. The zero-order chi connectivity index (χ0) is 11.1. The minimum absolute atomic E-state index is 0.411. The number of carboxylic acid groups (broad SMARTS) is 1. The molecule has 3 aliphatic rings. The predicted molar refractivity (Wildman–Crippen MR) is 60.0 cm³/mol. The van der Waals surface area contributed by atoms with Crippen LogP contribution in [-0.4, -0.2) is 47.2 Å². The average molecular weight is 220 g/mol. The molecule has 3 rings (SSSR count). The third-order valence-electron chi connectivity index (χ3n) is 3.80. The maximum Gasteiger partial charge on any atom is 0.407 e. The first kappa shape index (κ1) is 9.75. The normalized spacial score (nSPS) is 32.1. The zero-order valence-electron chi connectivity index (χ0n) is 9.17. The van der Waals surface area contributed by atoms with Gasteiger partial charge in [0.2, 0.25) is 0 Å². The maximum atomic E-state index is 11.0. The van der Waals surface area contributed by atoms with E-state index in [-0.39, 0.29) is 0 Å². The fraction of sp³-hybridized carbons (Fsp3) is 0.583. The average Bonchev–Trinajstić information content (AvgIpc) is 2.28. The lowest BCUT2D eigenvalue weighted by Crippen LogP contribution is -2.53. The Bertz CT molecular complexity index is 375. The van der Waals surface area contributed by atoms with Crippen molar-refractivity contribution < 1.29 is 9.90 Å². The van der Waals surface area contributed by atoms with Crippen molar-refractivity contribution in [2.24, 2.45) is 11.8 Å². The van der Waals surface area contributed by atoms with Gasteiger partial charge in [-0.25, -0.2) is 4.79 Å². The summed E-state index contributed by atoms with van der Waals surface area (Å²) in [4.78, 5) is 15.0. The molecule has 0 aromatic rings. The summed E-state index contributed by atoms with van der Waals surface area (Å²) in [7, 11) is 0. The molecular formula is C12H16N2O2. The number of nitrogens with zero attached hydrogens (tertiary/aromatic N) is 2. The van der Waals surface area contributed by atoms with Crippen molar-refractivity contribution >= 4 is 6.09 Å². The molecule has 2 saturated heterocycles. The van der Waals surface area contributed by atoms with E-state index in [1.54, 1.807) is 4.90 Å². The van der Waals surface area contributed by atoms with E-state index in [9.17, 15) is 4.79 Å². The molecular weight excluding hydrogens is 204 g/mol. The van der Waals surface area contributed by atoms with E-state index < -0.39 is 6.09 Å². The van der Waals surface area contributed by atoms with Crippen molar-refractivity contribution in [1.82, 2.24) is 9.80 Å². The number of amides is 1. The van der Waals surface area contributed by atoms with Crippen LogP contribution in [-0.2, 0) is 0 Å². The highest BCUT2D eigenvalue weighted by atomic mass is 16.4. The van der Waals surface area contributed by atoms with E-state index in [1.165, 1.54) is 5.70 Å². The SMILES string of the molecule is O=C(O)N1CC2CC(C1)C1=CC=CCN1C2. The van der Waals surface area contributed by atoms with Gasteiger partial charge in [0.05, 0.1) is 0 Å². The third-order valence-corrected chi connectivity index (χ3v) is 3.80. The largest absolute Gasteiger partial charge is 0.465 e. The van der Waals surface area contributed by atoms with Crippen LogP contribution < -0.4 is 0 Å². The lowest BCUT2D eigenvalue weighted by molar-refractivity contribution is 0.0647. The Kier molecular flexibility index (Phi) is 2.16. The summed E-state index contributed by atoms with van der Waals surface area (Å²) in [5.41, 5.74) is 1.34. The van der Waals surface area contributed by atoms with Gasteiger partial charge in [-0.05, 0) is 18.4 Å². The first-order chi connectivity index (χ1) is 7.74. The van der Waals surface area contributed by atoms with Crippen molar-refractivity contribution in [3.8, 4) is 0 Å². The number of fused-ring (bicyclic) bond motifs is 4. The van der Waals surface area contributed by atoms with E-state index in [1.807, 2.05) is 0 Å². The Morgan fingerprint density at radius 1 is 1.38 bits per heavy atom. The standard InChI is InChI=1S/C12H16N2O2/c15-12(16)14-7-9-5-10(8-14)11-3-1-2-4-13(11)6-9/h1-3,9-10H,4-8H2,(H,15,16). The maximum absolute atomic E-state index is 11.0. The Morgan fingerprint density at radius 2 is 2.25 bits per heavy atom. The molecule has 4 heteroatoms. The summed E-state index contributed by atoms with van der Waals surface area (Å²) < 4.78 is 0. The number of allylic oxidation sites excluding steroid dienone is 2. The van der Waals surface area contributed by atoms with Crippen molar-refractivity contribution in [2.45, 2.75) is 6.42 Å². The fourth-order valence-corrected chi connectivity index (χ4v) is 3.16. The van der Waals surface area contributed by atoms with Crippen molar-refractivity contribution in [1.29, 1.82) is 0 Å². The van der Waals surface area contributed by atoms with Crippen molar-refractivity contribution in [3.63, 3.8) is 0 Å². The molecule has 0 aliphatic carbocycles. The van der Waals surface area contributed by atoms with Crippen molar-refractivity contribution in [3.05, 3.63) is 23.9 Å². The summed E-state index contributed by atoms with van der Waals surface area (Å²) in [5, 5.41) is 9.07. The zero-order valence-corrected chi connectivity index (χ0v) is 9.17. The highest BCUT2D eigenvalue weighted by molar-refractivity contribution is 5.65. The van der Waals surface area contributed by atoms with E-state index in [2.05, 4.69) is 23.1 Å². The predicted octanol–water partition coefficient (Wildman–Crippen LogP) is 1.37. The number of carbonyl (C=O) groups is 1. The summed E-state index contributed by atoms with van der Waals surface area (Å²) in [5.74, 6) is 0.923. The molecule has 2 atom stereocenters. The lowest BCUT2D eigenvalue weighted by Gasteiger charge is -2.47. The molecule has 2 unspecified atom stereocenters. The number of hydrogen-bond acceptors (Lipinski definition) is 2. The van der Waals surface area contributed by atoms with Gasteiger partial charge >= 0.3 is 6.09 Å². The van der Waals surface area contributed by atoms with Gasteiger partial charge in [0.25, 0.3) is 0 Å². The Morgan fingerprint density at radius 3 is 3.06 bits per heavy atom. The minimum atomic E-state index is -0.768. The summed E-state index contributed by atoms with van der Waals surface area (Å²) in [6.07, 6.45) is 6.79. The van der Waals surface area contributed by atoms with Crippen LogP contribution in [0.2, 0.25) is 0 Å². The molecule has 16 heavy (non-hydrogen) atoms. The van der Waals surface area contributed by atoms with Crippen LogP contribution in [0.4, 0.5) is 4.79 Å². The summed E-state index contributed by atoms with van der Waals surface area (Å²) in [6, 6.07) is 0. The number of likely N-dealkylation sites (tertiary alicyclic amines) is 1. The van der Waals surface area contributed by atoms with Gasteiger partial charge in [0, 0.05) is 37.8 Å². The van der Waals surface area contributed by atoms with Crippen LogP contribution in [0.15, 0.2) is 23.9 Å². The molecule has 0 radical (unpaired) electrons. The first-order valence-corrected chi connectivity index (χ1v) is 5.83. The van der Waals surface area contributed by atoms with E-state index in [4.69, 9.17) is 5.11 Å². The molecule has 0 aromatic carbocycles. The molecule has 4 nitrogen and oxygen atoms in total. The molecule has 3 aliphatic heterocycles. The molecule has 2 bridgehead atoms. The Hall–Kier alpha value is -1.45. The molecule has 3 heterocycles. The second-order valence-corrected chi connectivity index (χ2v) is 4.91. The molecule has 0 aromatic heterocycles. The van der Waals surface area contributed by atoms with Gasteiger partial charge in [-0.2, -0.15) is 0 Å². The summed E-state index contributed by atoms with van der Waals surface area (Å²) >= 11 is 0. The molecule has 0 saturated carbocycles. The van der Waals surface area contributed by atoms with Crippen LogP contribution in [0, 0.1) is 11.8 Å². The Balaban J connectivity index is 1.84. The topological polar surface area (TPSA) is 43.8 Å². The van der Waals surface area contributed by atoms with E-state index in [0.717, 1.165) is 19.5 Å². The van der Waals surface area contributed by atoms with Gasteiger partial charge in [-0.3, -0.25) is 0 Å². The van der Waals surface area contributed by atoms with E-state index in [0.29, 0.717) is 24.9 Å². The second kappa shape index (κ2) is 3.54. The highest BCUT2D eigenvalue weighted by Gasteiger charge is 2.38. The fourth-order valence-electron chi connectivity index (χ4n) is 3.16. The van der Waals surface area contributed by atoms with Crippen LogP contribution in [0.3, 0.4) is 0 Å². The van der Waals surface area contributed by atoms with Gasteiger partial charge < -0.3 is 14.9 Å². The van der Waals surface area contributed by atoms with E-state index >= 15 is 0 Å². The first-order valence-electron chi connectivity index (χ1n) is 5.83. The monoisotopic (exact) mass is 220 g/mol. The van der Waals surface area contributed by atoms with Gasteiger partial charge in [-0.15, -0.1) is 0 Å². The molecule has 1 amide bonds.